The second-order valence-electron chi connectivity index (χ2n) is 3.25. The minimum absolute atomic E-state index is 0.579. The molecule has 0 saturated heterocycles. The van der Waals surface area contributed by atoms with Gasteiger partial charge in [-0.2, -0.15) is 0 Å². The summed E-state index contributed by atoms with van der Waals surface area (Å²) in [6.07, 6.45) is 3.34. The highest BCUT2D eigenvalue weighted by Gasteiger charge is 2.09. The Balaban J connectivity index is 2.99. The molecule has 0 aromatic heterocycles. The molecule has 1 aromatic rings. The van der Waals surface area contributed by atoms with E-state index in [1.807, 2.05) is 30.3 Å². The molecule has 0 heterocycles. The molecule has 1 rings (SSSR count). The fourth-order valence-corrected chi connectivity index (χ4v) is 1.75. The van der Waals surface area contributed by atoms with Crippen molar-refractivity contribution in [1.82, 2.24) is 0 Å². The Hall–Kier alpha value is -1.09. The lowest BCUT2D eigenvalue weighted by Gasteiger charge is -1.99. The van der Waals surface area contributed by atoms with Crippen LogP contribution in [0.4, 0.5) is 0 Å². The summed E-state index contributed by atoms with van der Waals surface area (Å²) in [7, 11) is -1.91. The van der Waals surface area contributed by atoms with Crippen molar-refractivity contribution in [2.24, 2.45) is 5.73 Å². The minimum atomic E-state index is -1.91. The Morgan fingerprint density at radius 1 is 1.31 bits per heavy atom. The molecule has 2 nitrogen and oxygen atoms in total. The molecule has 0 aliphatic rings. The Kier molecular flexibility index (Phi) is 2.88. The maximum absolute atomic E-state index is 11.4. The van der Waals surface area contributed by atoms with E-state index in [4.69, 9.17) is 5.73 Å². The first-order valence-electron chi connectivity index (χ1n) is 3.96. The molecule has 0 amide bonds. The third-order valence-corrected chi connectivity index (χ3v) is 2.34. The van der Waals surface area contributed by atoms with Crippen molar-refractivity contribution < 1.29 is 4.21 Å². The summed E-state index contributed by atoms with van der Waals surface area (Å²) in [5.74, 6) is 0. The Labute approximate surface area is 79.9 Å². The van der Waals surface area contributed by atoms with Gasteiger partial charge in [0.1, 0.15) is 27.9 Å². The topological polar surface area (TPSA) is 43.1 Å². The van der Waals surface area contributed by atoms with E-state index in [1.54, 1.807) is 17.9 Å². The first-order chi connectivity index (χ1) is 5.99. The van der Waals surface area contributed by atoms with Gasteiger partial charge in [-0.1, -0.05) is 30.3 Å². The highest BCUT2D eigenvalue weighted by Crippen LogP contribution is 2.11. The van der Waals surface area contributed by atoms with Gasteiger partial charge in [-0.25, -0.2) is 0 Å². The number of benzene rings is 1. The van der Waals surface area contributed by atoms with Crippen LogP contribution in [0, 0.1) is 0 Å². The maximum Gasteiger partial charge on any atom is 0.145 e. The normalized spacial score (nSPS) is 12.9. The van der Waals surface area contributed by atoms with Gasteiger partial charge in [-0.15, -0.1) is 4.21 Å². The van der Waals surface area contributed by atoms with Crippen molar-refractivity contribution in [3.8, 4) is 0 Å². The second-order valence-corrected chi connectivity index (χ2v) is 6.10. The maximum atomic E-state index is 11.4. The quantitative estimate of drug-likeness (QED) is 0.732. The Morgan fingerprint density at radius 3 is 2.31 bits per heavy atom. The van der Waals surface area contributed by atoms with Gasteiger partial charge in [0.25, 0.3) is 0 Å². The first-order valence-corrected chi connectivity index (χ1v) is 6.39. The monoisotopic (exact) mass is 196 g/mol. The summed E-state index contributed by atoms with van der Waals surface area (Å²) in [5, 5.41) is 1.61. The Bertz CT molecular complexity index is 350. The van der Waals surface area contributed by atoms with E-state index in [0.717, 1.165) is 5.56 Å². The van der Waals surface area contributed by atoms with Crippen molar-refractivity contribution in [2.75, 3.05) is 12.5 Å². The summed E-state index contributed by atoms with van der Waals surface area (Å²) >= 11 is 0. The van der Waals surface area contributed by atoms with Crippen LogP contribution in [0.2, 0.25) is 0 Å². The summed E-state index contributed by atoms with van der Waals surface area (Å²) in [6.45, 7) is 0. The van der Waals surface area contributed by atoms with Crippen molar-refractivity contribution in [2.45, 2.75) is 0 Å². The van der Waals surface area contributed by atoms with Crippen LogP contribution in [0.25, 0.3) is 5.70 Å². The van der Waals surface area contributed by atoms with E-state index in [-0.39, 0.29) is 0 Å². The van der Waals surface area contributed by atoms with Gasteiger partial charge in [0, 0.05) is 5.56 Å². The van der Waals surface area contributed by atoms with E-state index in [9.17, 15) is 4.21 Å². The average Bonchev–Trinajstić information content (AvgIpc) is 2.03. The van der Waals surface area contributed by atoms with Crippen LogP contribution in [-0.2, 0) is 14.1 Å². The zero-order valence-electron chi connectivity index (χ0n) is 7.86. The lowest BCUT2D eigenvalue weighted by molar-refractivity contribution is 0.596. The molecule has 0 saturated carbocycles. The van der Waals surface area contributed by atoms with Crippen molar-refractivity contribution >= 4 is 15.6 Å². The molecular weight excluding hydrogens is 182 g/mol. The van der Waals surface area contributed by atoms with E-state index in [0.29, 0.717) is 5.70 Å². The molecule has 1 aromatic carbocycles. The number of hydrogen-bond acceptors (Lipinski definition) is 2. The highest BCUT2D eigenvalue weighted by molar-refractivity contribution is 8.04. The van der Waals surface area contributed by atoms with Gasteiger partial charge in [0.15, 0.2) is 0 Å². The summed E-state index contributed by atoms with van der Waals surface area (Å²) < 4.78 is 11.4. The molecule has 2 N–H and O–H groups in total. The molecule has 0 unspecified atom stereocenters. The van der Waals surface area contributed by atoms with Gasteiger partial charge >= 0.3 is 0 Å². The largest absolute Gasteiger partial charge is 0.395 e. The van der Waals surface area contributed by atoms with E-state index >= 15 is 0 Å². The molecule has 0 bridgehead atoms. The standard InChI is InChI=1S/C10H14NOS/c1-13(2,12)8-10(11)9-6-4-3-5-7-9/h3-8H,11H2,1-2H3/q+1/b10-8-. The first kappa shape index (κ1) is 9.99. The SMILES string of the molecule is C[S+](C)(=O)/C=C(\N)c1ccccc1. The number of rotatable bonds is 2. The molecule has 0 spiro atoms. The van der Waals surface area contributed by atoms with Crippen molar-refractivity contribution in [3.63, 3.8) is 0 Å². The van der Waals surface area contributed by atoms with Crippen LogP contribution in [-0.4, -0.2) is 12.5 Å². The number of nitrogens with two attached hydrogens (primary N) is 1. The zero-order valence-corrected chi connectivity index (χ0v) is 8.67. The molecule has 0 aliphatic carbocycles. The summed E-state index contributed by atoms with van der Waals surface area (Å²) in [6, 6.07) is 9.53. The molecule has 0 atom stereocenters. The van der Waals surface area contributed by atoms with Crippen molar-refractivity contribution in [1.29, 1.82) is 0 Å². The second kappa shape index (κ2) is 3.75. The lowest BCUT2D eigenvalue weighted by atomic mass is 10.2. The smallest absolute Gasteiger partial charge is 0.145 e. The van der Waals surface area contributed by atoms with Crippen LogP contribution in [0.5, 0.6) is 0 Å². The van der Waals surface area contributed by atoms with Crippen LogP contribution >= 0.6 is 0 Å². The van der Waals surface area contributed by atoms with Crippen LogP contribution in [0.1, 0.15) is 5.56 Å². The third-order valence-electron chi connectivity index (χ3n) is 1.52. The van der Waals surface area contributed by atoms with Gasteiger partial charge in [0.2, 0.25) is 0 Å². The lowest BCUT2D eigenvalue weighted by Crippen LogP contribution is -2.05. The van der Waals surface area contributed by atoms with E-state index in [2.05, 4.69) is 0 Å². The van der Waals surface area contributed by atoms with Gasteiger partial charge in [0.05, 0.1) is 5.70 Å². The molecular formula is C10H14NOS+. The number of hydrogen-bond donors (Lipinski definition) is 1. The molecule has 70 valence electrons. The molecule has 13 heavy (non-hydrogen) atoms. The minimum Gasteiger partial charge on any atom is -0.395 e. The zero-order chi connectivity index (χ0) is 9.90. The Morgan fingerprint density at radius 2 is 1.85 bits per heavy atom. The van der Waals surface area contributed by atoms with E-state index in [1.165, 1.54) is 0 Å². The fourth-order valence-electron chi connectivity index (χ4n) is 1.00. The predicted molar refractivity (Wildman–Crippen MR) is 58.5 cm³/mol. The van der Waals surface area contributed by atoms with Crippen molar-refractivity contribution in [3.05, 3.63) is 41.3 Å². The summed E-state index contributed by atoms with van der Waals surface area (Å²) in [5.41, 5.74) is 7.26. The molecule has 3 heteroatoms. The fraction of sp³-hybridized carbons (Fsp3) is 0.200. The average molecular weight is 196 g/mol. The van der Waals surface area contributed by atoms with Gasteiger partial charge in [-0.3, -0.25) is 0 Å². The van der Waals surface area contributed by atoms with Gasteiger partial charge < -0.3 is 5.73 Å². The van der Waals surface area contributed by atoms with Crippen LogP contribution in [0.3, 0.4) is 0 Å². The van der Waals surface area contributed by atoms with Crippen LogP contribution in [0.15, 0.2) is 35.7 Å². The van der Waals surface area contributed by atoms with E-state index < -0.39 is 9.93 Å². The molecule has 0 radical (unpaired) electrons. The molecule has 0 aliphatic heterocycles. The highest BCUT2D eigenvalue weighted by atomic mass is 32.2. The third kappa shape index (κ3) is 3.42. The van der Waals surface area contributed by atoms with Gasteiger partial charge in [-0.05, 0) is 0 Å². The predicted octanol–water partition coefficient (Wildman–Crippen LogP) is 1.70. The molecule has 0 fully saturated rings. The van der Waals surface area contributed by atoms with Crippen LogP contribution < -0.4 is 5.73 Å². The summed E-state index contributed by atoms with van der Waals surface area (Å²) in [4.78, 5) is 0.